The second kappa shape index (κ2) is 7.49. The summed E-state index contributed by atoms with van der Waals surface area (Å²) < 4.78 is 8.51. The Hall–Kier alpha value is -3.35. The summed E-state index contributed by atoms with van der Waals surface area (Å²) in [6.45, 7) is 1.92. The molecule has 0 bridgehead atoms. The lowest BCUT2D eigenvalue weighted by Crippen LogP contribution is -2.39. The minimum Gasteiger partial charge on any atom is -0.455 e. The van der Waals surface area contributed by atoms with Gasteiger partial charge in [-0.3, -0.25) is 14.4 Å². The average molecular weight is 367 g/mol. The number of rotatable bonds is 5. The molecule has 1 aromatic heterocycles. The van der Waals surface area contributed by atoms with E-state index in [1.807, 2.05) is 25.1 Å². The van der Waals surface area contributed by atoms with Gasteiger partial charge in [0.15, 0.2) is 5.75 Å². The lowest BCUT2D eigenvalue weighted by atomic mass is 10.2. The molecule has 3 aromatic rings. The molecule has 0 aliphatic heterocycles. The number of benzene rings is 2. The van der Waals surface area contributed by atoms with E-state index in [2.05, 4.69) is 5.32 Å². The van der Waals surface area contributed by atoms with Gasteiger partial charge in [-0.2, -0.15) is 0 Å². The van der Waals surface area contributed by atoms with Crippen LogP contribution in [0.1, 0.15) is 19.8 Å². The summed E-state index contributed by atoms with van der Waals surface area (Å²) in [5.74, 6) is 0.842. The fraction of sp³-hybridized carbons (Fsp3) is 0.250. The molecule has 2 aromatic carbocycles. The molecule has 0 aliphatic carbocycles. The minimum absolute atomic E-state index is 0.149. The van der Waals surface area contributed by atoms with Crippen LogP contribution in [0.25, 0.3) is 11.0 Å². The monoisotopic (exact) mass is 367 g/mol. The Bertz CT molecular complexity index is 1110. The molecule has 0 fully saturated rings. The summed E-state index contributed by atoms with van der Waals surface area (Å²) in [5, 5.41) is 2.84. The van der Waals surface area contributed by atoms with Crippen LogP contribution in [0.3, 0.4) is 0 Å². The van der Waals surface area contributed by atoms with Crippen LogP contribution in [0.2, 0.25) is 0 Å². The van der Waals surface area contributed by atoms with Crippen molar-refractivity contribution in [1.29, 1.82) is 0 Å². The maximum Gasteiger partial charge on any atom is 0.316 e. The third-order valence-electron chi connectivity index (χ3n) is 4.31. The van der Waals surface area contributed by atoms with Crippen molar-refractivity contribution in [1.82, 2.24) is 9.13 Å². The maximum atomic E-state index is 12.1. The normalized spacial score (nSPS) is 10.8. The first kappa shape index (κ1) is 18.4. The molecule has 1 amide bonds. The Morgan fingerprint density at radius 1 is 1.00 bits per heavy atom. The number of ether oxygens (including phenoxy) is 1. The van der Waals surface area contributed by atoms with Crippen molar-refractivity contribution in [3.63, 3.8) is 0 Å². The number of hydrogen-bond donors (Lipinski definition) is 1. The van der Waals surface area contributed by atoms with Crippen LogP contribution in [-0.2, 0) is 18.9 Å². The Kier molecular flexibility index (Phi) is 5.12. The van der Waals surface area contributed by atoms with Gasteiger partial charge >= 0.3 is 11.1 Å². The second-order valence-electron chi connectivity index (χ2n) is 6.28. The van der Waals surface area contributed by atoms with Crippen LogP contribution in [0.4, 0.5) is 5.69 Å². The standard InChI is InChI=1S/C20H21N3O4/c1-4-8-18(24)21-14-11-15-16(23(3)20(26)19(25)22(15)2)12-17(14)27-13-9-6-5-7-10-13/h5-7,9-12H,4,8H2,1-3H3,(H,21,24). The molecule has 0 radical (unpaired) electrons. The number of para-hydroxylation sites is 1. The van der Waals surface area contributed by atoms with E-state index in [9.17, 15) is 14.4 Å². The van der Waals surface area contributed by atoms with Crippen LogP contribution in [0.15, 0.2) is 52.1 Å². The van der Waals surface area contributed by atoms with E-state index in [0.717, 1.165) is 0 Å². The van der Waals surface area contributed by atoms with E-state index < -0.39 is 11.1 Å². The van der Waals surface area contributed by atoms with Gasteiger partial charge in [0.25, 0.3) is 0 Å². The highest BCUT2D eigenvalue weighted by Crippen LogP contribution is 2.33. The second-order valence-corrected chi connectivity index (χ2v) is 6.28. The van der Waals surface area contributed by atoms with E-state index in [1.54, 1.807) is 24.3 Å². The molecule has 0 saturated carbocycles. The van der Waals surface area contributed by atoms with Gasteiger partial charge in [-0.15, -0.1) is 0 Å². The minimum atomic E-state index is -0.632. The van der Waals surface area contributed by atoms with Gasteiger partial charge in [-0.1, -0.05) is 25.1 Å². The predicted molar refractivity (Wildman–Crippen MR) is 104 cm³/mol. The molecule has 140 valence electrons. The maximum absolute atomic E-state index is 12.1. The number of fused-ring (bicyclic) bond motifs is 1. The molecule has 0 unspecified atom stereocenters. The molecule has 1 heterocycles. The van der Waals surface area contributed by atoms with Crippen molar-refractivity contribution in [3.05, 3.63) is 63.2 Å². The zero-order chi connectivity index (χ0) is 19.6. The van der Waals surface area contributed by atoms with E-state index >= 15 is 0 Å². The number of carbonyl (C=O) groups excluding carboxylic acids is 1. The summed E-state index contributed by atoms with van der Waals surface area (Å²) in [6, 6.07) is 12.4. The molecule has 0 spiro atoms. The molecule has 0 atom stereocenters. The van der Waals surface area contributed by atoms with Gasteiger partial charge in [-0.25, -0.2) is 0 Å². The fourth-order valence-corrected chi connectivity index (χ4v) is 2.84. The Morgan fingerprint density at radius 2 is 1.59 bits per heavy atom. The average Bonchev–Trinajstić information content (AvgIpc) is 2.66. The highest BCUT2D eigenvalue weighted by atomic mass is 16.5. The molecule has 7 nitrogen and oxygen atoms in total. The van der Waals surface area contributed by atoms with Crippen molar-refractivity contribution < 1.29 is 9.53 Å². The molecular weight excluding hydrogens is 346 g/mol. The lowest BCUT2D eigenvalue weighted by Gasteiger charge is -2.16. The van der Waals surface area contributed by atoms with Crippen molar-refractivity contribution in [3.8, 4) is 11.5 Å². The van der Waals surface area contributed by atoms with Crippen LogP contribution < -0.4 is 21.2 Å². The van der Waals surface area contributed by atoms with Crippen LogP contribution in [0.5, 0.6) is 11.5 Å². The van der Waals surface area contributed by atoms with E-state index in [-0.39, 0.29) is 5.91 Å². The van der Waals surface area contributed by atoms with Gasteiger partial charge in [0.1, 0.15) is 5.75 Å². The Labute approximate surface area is 155 Å². The molecule has 1 N–H and O–H groups in total. The van der Waals surface area contributed by atoms with E-state index in [1.165, 1.54) is 23.2 Å². The highest BCUT2D eigenvalue weighted by molar-refractivity contribution is 5.95. The van der Waals surface area contributed by atoms with Crippen molar-refractivity contribution in [2.75, 3.05) is 5.32 Å². The number of aryl methyl sites for hydroxylation is 2. The molecular formula is C20H21N3O4. The third-order valence-corrected chi connectivity index (χ3v) is 4.31. The molecule has 0 aliphatic rings. The summed E-state index contributed by atoms with van der Waals surface area (Å²) in [7, 11) is 3.06. The van der Waals surface area contributed by atoms with Gasteiger partial charge in [0, 0.05) is 26.6 Å². The topological polar surface area (TPSA) is 82.3 Å². The zero-order valence-electron chi connectivity index (χ0n) is 15.5. The van der Waals surface area contributed by atoms with Crippen molar-refractivity contribution in [2.24, 2.45) is 14.1 Å². The van der Waals surface area contributed by atoms with Gasteiger partial charge in [-0.05, 0) is 24.6 Å². The summed E-state index contributed by atoms with van der Waals surface area (Å²) >= 11 is 0. The number of amides is 1. The molecule has 3 rings (SSSR count). The van der Waals surface area contributed by atoms with E-state index in [0.29, 0.717) is 41.1 Å². The largest absolute Gasteiger partial charge is 0.455 e. The van der Waals surface area contributed by atoms with Gasteiger partial charge in [0.2, 0.25) is 5.91 Å². The van der Waals surface area contributed by atoms with E-state index in [4.69, 9.17) is 4.74 Å². The van der Waals surface area contributed by atoms with Crippen LogP contribution >= 0.6 is 0 Å². The fourth-order valence-electron chi connectivity index (χ4n) is 2.84. The molecule has 27 heavy (non-hydrogen) atoms. The van der Waals surface area contributed by atoms with Crippen molar-refractivity contribution >= 4 is 22.6 Å². The summed E-state index contributed by atoms with van der Waals surface area (Å²) in [6.07, 6.45) is 1.08. The lowest BCUT2D eigenvalue weighted by molar-refractivity contribution is -0.116. The zero-order valence-corrected chi connectivity index (χ0v) is 15.5. The third kappa shape index (κ3) is 3.62. The number of nitrogens with one attached hydrogen (secondary N) is 1. The first-order chi connectivity index (χ1) is 12.9. The van der Waals surface area contributed by atoms with Crippen LogP contribution in [0, 0.1) is 0 Å². The predicted octanol–water partition coefficient (Wildman–Crippen LogP) is 2.77. The number of hydrogen-bond acceptors (Lipinski definition) is 4. The van der Waals surface area contributed by atoms with Crippen molar-refractivity contribution in [2.45, 2.75) is 19.8 Å². The quantitative estimate of drug-likeness (QED) is 0.703. The summed E-state index contributed by atoms with van der Waals surface area (Å²) in [5.41, 5.74) is 0.236. The summed E-state index contributed by atoms with van der Waals surface area (Å²) in [4.78, 5) is 36.4. The molecule has 0 saturated heterocycles. The Morgan fingerprint density at radius 3 is 2.19 bits per heavy atom. The number of carbonyl (C=O) groups is 1. The molecule has 7 heteroatoms. The highest BCUT2D eigenvalue weighted by Gasteiger charge is 2.15. The van der Waals surface area contributed by atoms with Gasteiger partial charge < -0.3 is 19.2 Å². The number of nitrogens with zero attached hydrogens (tertiary/aromatic N) is 2. The van der Waals surface area contributed by atoms with Gasteiger partial charge in [0.05, 0.1) is 16.7 Å². The number of aromatic nitrogens is 2. The van der Waals surface area contributed by atoms with Crippen LogP contribution in [-0.4, -0.2) is 15.0 Å². The smallest absolute Gasteiger partial charge is 0.316 e. The Balaban J connectivity index is 2.21. The number of anilines is 1. The first-order valence-corrected chi connectivity index (χ1v) is 8.69. The first-order valence-electron chi connectivity index (χ1n) is 8.69. The SMILES string of the molecule is CCCC(=O)Nc1cc2c(cc1Oc1ccccc1)n(C)c(=O)c(=O)n2C.